The summed E-state index contributed by atoms with van der Waals surface area (Å²) >= 11 is 11.7. The van der Waals surface area contributed by atoms with Crippen molar-refractivity contribution in [1.82, 2.24) is 4.98 Å². The fraction of sp³-hybridized carbons (Fsp3) is 0. The van der Waals surface area contributed by atoms with Crippen molar-refractivity contribution in [2.24, 2.45) is 0 Å². The van der Waals surface area contributed by atoms with E-state index in [1.807, 2.05) is 0 Å². The van der Waals surface area contributed by atoms with Gasteiger partial charge in [-0.1, -0.05) is 29.3 Å². The molecule has 2 aromatic rings. The van der Waals surface area contributed by atoms with Gasteiger partial charge < -0.3 is 5.11 Å². The van der Waals surface area contributed by atoms with Crippen molar-refractivity contribution in [3.05, 3.63) is 52.1 Å². The lowest BCUT2D eigenvalue weighted by molar-refractivity contribution is 0.0697. The van der Waals surface area contributed by atoms with E-state index in [9.17, 15) is 4.79 Å². The van der Waals surface area contributed by atoms with Gasteiger partial charge in [0.05, 0.1) is 21.3 Å². The monoisotopic (exact) mass is 267 g/mol. The van der Waals surface area contributed by atoms with E-state index in [-0.39, 0.29) is 5.56 Å². The van der Waals surface area contributed by atoms with Gasteiger partial charge in [0.25, 0.3) is 0 Å². The van der Waals surface area contributed by atoms with Crippen LogP contribution >= 0.6 is 23.2 Å². The first kappa shape index (κ1) is 11.9. The minimum absolute atomic E-state index is 0.130. The lowest BCUT2D eigenvalue weighted by atomic mass is 10.1. The molecule has 0 aliphatic heterocycles. The summed E-state index contributed by atoms with van der Waals surface area (Å²) in [5.74, 6) is -1.03. The van der Waals surface area contributed by atoms with Crippen LogP contribution in [0.2, 0.25) is 10.0 Å². The van der Waals surface area contributed by atoms with Crippen LogP contribution in [0.5, 0.6) is 0 Å². The smallest absolute Gasteiger partial charge is 0.337 e. The van der Waals surface area contributed by atoms with Gasteiger partial charge in [0.2, 0.25) is 0 Å². The van der Waals surface area contributed by atoms with E-state index in [0.29, 0.717) is 21.3 Å². The van der Waals surface area contributed by atoms with Crippen molar-refractivity contribution in [3.63, 3.8) is 0 Å². The van der Waals surface area contributed by atoms with Crippen LogP contribution in [0.1, 0.15) is 10.4 Å². The Hall–Kier alpha value is -1.58. The fourth-order valence-electron chi connectivity index (χ4n) is 1.45. The van der Waals surface area contributed by atoms with E-state index in [4.69, 9.17) is 28.3 Å². The van der Waals surface area contributed by atoms with Crippen LogP contribution in [0.15, 0.2) is 36.5 Å². The lowest BCUT2D eigenvalue weighted by Gasteiger charge is -2.05. The zero-order valence-corrected chi connectivity index (χ0v) is 10.0. The maximum Gasteiger partial charge on any atom is 0.337 e. The quantitative estimate of drug-likeness (QED) is 0.902. The van der Waals surface area contributed by atoms with Crippen LogP contribution in [0.4, 0.5) is 0 Å². The molecular formula is C12H7Cl2NO2. The Labute approximate surface area is 108 Å². The molecule has 1 heterocycles. The van der Waals surface area contributed by atoms with E-state index in [1.165, 1.54) is 12.3 Å². The molecule has 0 fully saturated rings. The number of carboxylic acid groups (broad SMARTS) is 1. The molecule has 0 amide bonds. The zero-order chi connectivity index (χ0) is 12.4. The minimum Gasteiger partial charge on any atom is -0.478 e. The van der Waals surface area contributed by atoms with Crippen molar-refractivity contribution in [1.29, 1.82) is 0 Å². The van der Waals surface area contributed by atoms with E-state index in [2.05, 4.69) is 4.98 Å². The summed E-state index contributed by atoms with van der Waals surface area (Å²) < 4.78 is 0. The van der Waals surface area contributed by atoms with Gasteiger partial charge in [0.15, 0.2) is 0 Å². The van der Waals surface area contributed by atoms with Gasteiger partial charge in [0, 0.05) is 11.8 Å². The Morgan fingerprint density at radius 1 is 1.18 bits per heavy atom. The number of benzene rings is 1. The van der Waals surface area contributed by atoms with E-state index >= 15 is 0 Å². The predicted octanol–water partition coefficient (Wildman–Crippen LogP) is 3.75. The van der Waals surface area contributed by atoms with Crippen LogP contribution in [-0.4, -0.2) is 16.1 Å². The molecule has 0 spiro atoms. The molecule has 0 saturated heterocycles. The first-order valence-corrected chi connectivity index (χ1v) is 5.49. The molecular weight excluding hydrogens is 261 g/mol. The molecule has 3 nitrogen and oxygen atoms in total. The van der Waals surface area contributed by atoms with Crippen LogP contribution in [0.25, 0.3) is 11.3 Å². The second-order valence-corrected chi connectivity index (χ2v) is 4.15. The van der Waals surface area contributed by atoms with Crippen LogP contribution in [0.3, 0.4) is 0 Å². The Morgan fingerprint density at radius 3 is 2.59 bits per heavy atom. The number of carboxylic acids is 1. The predicted molar refractivity (Wildman–Crippen MR) is 66.7 cm³/mol. The number of rotatable bonds is 2. The number of pyridine rings is 1. The SMILES string of the molecule is O=C(O)c1cccnc1-c1ccc(Cl)c(Cl)c1. The third kappa shape index (κ3) is 2.40. The summed E-state index contributed by atoms with van der Waals surface area (Å²) in [6, 6.07) is 7.96. The Bertz CT molecular complexity index is 584. The minimum atomic E-state index is -1.03. The standard InChI is InChI=1S/C12H7Cl2NO2/c13-9-4-3-7(6-10(9)14)11-8(12(16)17)2-1-5-15-11/h1-6H,(H,16,17). The number of aromatic nitrogens is 1. The molecule has 86 valence electrons. The highest BCUT2D eigenvalue weighted by atomic mass is 35.5. The van der Waals surface area contributed by atoms with E-state index in [1.54, 1.807) is 24.3 Å². The largest absolute Gasteiger partial charge is 0.478 e. The molecule has 5 heteroatoms. The van der Waals surface area contributed by atoms with Gasteiger partial charge in [-0.2, -0.15) is 0 Å². The fourth-order valence-corrected chi connectivity index (χ4v) is 1.75. The van der Waals surface area contributed by atoms with Crippen molar-refractivity contribution in [2.75, 3.05) is 0 Å². The molecule has 0 aliphatic rings. The molecule has 1 aromatic carbocycles. The molecule has 0 aliphatic carbocycles. The average molecular weight is 268 g/mol. The number of halogens is 2. The Morgan fingerprint density at radius 2 is 1.94 bits per heavy atom. The number of nitrogens with zero attached hydrogens (tertiary/aromatic N) is 1. The van der Waals surface area contributed by atoms with Crippen LogP contribution < -0.4 is 0 Å². The molecule has 0 unspecified atom stereocenters. The molecule has 0 atom stereocenters. The maximum absolute atomic E-state index is 11.0. The van der Waals surface area contributed by atoms with Gasteiger partial charge >= 0.3 is 5.97 Å². The molecule has 0 radical (unpaired) electrons. The molecule has 1 N–H and O–H groups in total. The summed E-state index contributed by atoms with van der Waals surface area (Å²) in [5.41, 5.74) is 1.13. The van der Waals surface area contributed by atoms with Gasteiger partial charge in [0.1, 0.15) is 0 Å². The van der Waals surface area contributed by atoms with Crippen molar-refractivity contribution in [2.45, 2.75) is 0 Å². The second kappa shape index (κ2) is 4.73. The highest BCUT2D eigenvalue weighted by Crippen LogP contribution is 2.29. The number of hydrogen-bond acceptors (Lipinski definition) is 2. The van der Waals surface area contributed by atoms with Gasteiger partial charge in [-0.15, -0.1) is 0 Å². The third-order valence-corrected chi connectivity index (χ3v) is 2.97. The number of aromatic carboxylic acids is 1. The van der Waals surface area contributed by atoms with E-state index in [0.717, 1.165) is 0 Å². The Balaban J connectivity index is 2.60. The number of carbonyl (C=O) groups is 1. The maximum atomic E-state index is 11.0. The topological polar surface area (TPSA) is 50.2 Å². The van der Waals surface area contributed by atoms with E-state index < -0.39 is 5.97 Å². The van der Waals surface area contributed by atoms with Crippen molar-refractivity contribution in [3.8, 4) is 11.3 Å². The summed E-state index contributed by atoms with van der Waals surface area (Å²) in [7, 11) is 0. The summed E-state index contributed by atoms with van der Waals surface area (Å²) in [6.45, 7) is 0. The van der Waals surface area contributed by atoms with Gasteiger partial charge in [-0.3, -0.25) is 4.98 Å². The highest BCUT2D eigenvalue weighted by molar-refractivity contribution is 6.42. The highest BCUT2D eigenvalue weighted by Gasteiger charge is 2.13. The molecule has 0 saturated carbocycles. The first-order chi connectivity index (χ1) is 8.09. The average Bonchev–Trinajstić information content (AvgIpc) is 2.32. The van der Waals surface area contributed by atoms with Crippen molar-refractivity contribution >= 4 is 29.2 Å². The molecule has 0 bridgehead atoms. The second-order valence-electron chi connectivity index (χ2n) is 3.33. The zero-order valence-electron chi connectivity index (χ0n) is 8.52. The lowest BCUT2D eigenvalue weighted by Crippen LogP contribution is -2.00. The van der Waals surface area contributed by atoms with Crippen LogP contribution in [-0.2, 0) is 0 Å². The summed E-state index contributed by atoms with van der Waals surface area (Å²) in [6.07, 6.45) is 1.53. The Kier molecular flexibility index (Phi) is 3.31. The normalized spacial score (nSPS) is 10.2. The van der Waals surface area contributed by atoms with Crippen molar-refractivity contribution < 1.29 is 9.90 Å². The molecule has 1 aromatic heterocycles. The van der Waals surface area contributed by atoms with Gasteiger partial charge in [-0.05, 0) is 24.3 Å². The summed E-state index contributed by atoms with van der Waals surface area (Å²) in [4.78, 5) is 15.1. The molecule has 17 heavy (non-hydrogen) atoms. The molecule has 2 rings (SSSR count). The van der Waals surface area contributed by atoms with Crippen LogP contribution in [0, 0.1) is 0 Å². The first-order valence-electron chi connectivity index (χ1n) is 4.73. The third-order valence-electron chi connectivity index (χ3n) is 2.23. The number of hydrogen-bond donors (Lipinski definition) is 1. The van der Waals surface area contributed by atoms with Gasteiger partial charge in [-0.25, -0.2) is 4.79 Å². The summed E-state index contributed by atoms with van der Waals surface area (Å²) in [5, 5.41) is 9.84.